The van der Waals surface area contributed by atoms with E-state index in [1.807, 2.05) is 0 Å². The van der Waals surface area contributed by atoms with Crippen LogP contribution >= 0.6 is 0 Å². The third kappa shape index (κ3) is 4.32. The maximum atomic E-state index is 10.1. The van der Waals surface area contributed by atoms with Crippen LogP contribution in [0.25, 0.3) is 0 Å². The minimum atomic E-state index is -0.199. The molecule has 1 aromatic rings. The number of hydrogen-bond donors (Lipinski definition) is 2. The average molecular weight is 261 g/mol. The average Bonchev–Trinajstić information content (AvgIpc) is 2.89. The van der Waals surface area contributed by atoms with Gasteiger partial charge in [0.1, 0.15) is 0 Å². The fourth-order valence-corrected chi connectivity index (χ4v) is 3.21. The number of aryl methyl sites for hydroxylation is 1. The van der Waals surface area contributed by atoms with Crippen molar-refractivity contribution in [3.8, 4) is 0 Å². The molecular formula is C17H27NO. The molecule has 0 saturated heterocycles. The minimum Gasteiger partial charge on any atom is -0.392 e. The zero-order chi connectivity index (χ0) is 13.7. The summed E-state index contributed by atoms with van der Waals surface area (Å²) in [5.74, 6) is 0.755. The smallest absolute Gasteiger partial charge is 0.0667 e. The third-order valence-corrected chi connectivity index (χ3v) is 4.39. The van der Waals surface area contributed by atoms with Crippen molar-refractivity contribution in [1.29, 1.82) is 0 Å². The summed E-state index contributed by atoms with van der Waals surface area (Å²) in [7, 11) is 0. The summed E-state index contributed by atoms with van der Waals surface area (Å²) < 4.78 is 0. The molecule has 106 valence electrons. The summed E-state index contributed by atoms with van der Waals surface area (Å²) in [6.45, 7) is 5.01. The molecule has 1 saturated carbocycles. The van der Waals surface area contributed by atoms with Crippen molar-refractivity contribution in [2.45, 2.75) is 58.1 Å². The molecule has 2 rings (SSSR count). The van der Waals surface area contributed by atoms with E-state index >= 15 is 0 Å². The van der Waals surface area contributed by atoms with E-state index in [4.69, 9.17) is 0 Å². The number of hydrogen-bond acceptors (Lipinski definition) is 2. The Morgan fingerprint density at radius 2 is 1.95 bits per heavy atom. The first-order chi connectivity index (χ1) is 9.16. The Bertz CT molecular complexity index is 385. The largest absolute Gasteiger partial charge is 0.392 e. The summed E-state index contributed by atoms with van der Waals surface area (Å²) in [5.41, 5.74) is 2.64. The summed E-state index contributed by atoms with van der Waals surface area (Å²) in [4.78, 5) is 0. The van der Waals surface area contributed by atoms with E-state index in [9.17, 15) is 5.11 Å². The van der Waals surface area contributed by atoms with Gasteiger partial charge in [0.05, 0.1) is 6.10 Å². The first-order valence-electron chi connectivity index (χ1n) is 7.64. The van der Waals surface area contributed by atoms with Crippen LogP contribution in [0, 0.1) is 12.8 Å². The van der Waals surface area contributed by atoms with Gasteiger partial charge in [-0.15, -0.1) is 0 Å². The lowest BCUT2D eigenvalue weighted by atomic mass is 9.99. The second-order valence-electron chi connectivity index (χ2n) is 6.03. The van der Waals surface area contributed by atoms with Crippen LogP contribution in [-0.4, -0.2) is 17.8 Å². The van der Waals surface area contributed by atoms with E-state index in [1.165, 1.54) is 36.8 Å². The second-order valence-corrected chi connectivity index (χ2v) is 6.03. The molecule has 1 unspecified atom stereocenters. The Hall–Kier alpha value is -0.860. The van der Waals surface area contributed by atoms with Crippen LogP contribution in [0.4, 0.5) is 0 Å². The van der Waals surface area contributed by atoms with Gasteiger partial charge in [0.25, 0.3) is 0 Å². The van der Waals surface area contributed by atoms with E-state index in [2.05, 4.69) is 43.4 Å². The highest BCUT2D eigenvalue weighted by Gasteiger charge is 2.19. The molecule has 0 spiro atoms. The quantitative estimate of drug-likeness (QED) is 0.820. The van der Waals surface area contributed by atoms with Crippen molar-refractivity contribution in [3.05, 3.63) is 35.4 Å². The maximum absolute atomic E-state index is 10.1. The van der Waals surface area contributed by atoms with Crippen molar-refractivity contribution in [1.82, 2.24) is 5.32 Å². The van der Waals surface area contributed by atoms with Gasteiger partial charge < -0.3 is 10.4 Å². The lowest BCUT2D eigenvalue weighted by Crippen LogP contribution is -2.30. The molecule has 1 aliphatic carbocycles. The molecule has 2 nitrogen and oxygen atoms in total. The van der Waals surface area contributed by atoms with Crippen molar-refractivity contribution < 1.29 is 5.11 Å². The van der Waals surface area contributed by atoms with Gasteiger partial charge in [-0.05, 0) is 37.3 Å². The summed E-state index contributed by atoms with van der Waals surface area (Å²) in [5, 5.41) is 13.6. The van der Waals surface area contributed by atoms with Gasteiger partial charge in [-0.25, -0.2) is 0 Å². The molecule has 1 fully saturated rings. The van der Waals surface area contributed by atoms with Gasteiger partial charge in [0.15, 0.2) is 0 Å². The monoisotopic (exact) mass is 261 g/mol. The Morgan fingerprint density at radius 1 is 1.26 bits per heavy atom. The highest BCUT2D eigenvalue weighted by Crippen LogP contribution is 2.28. The third-order valence-electron chi connectivity index (χ3n) is 4.39. The first kappa shape index (κ1) is 14.5. The van der Waals surface area contributed by atoms with Gasteiger partial charge in [0, 0.05) is 12.6 Å². The molecule has 1 aliphatic rings. The van der Waals surface area contributed by atoms with Crippen LogP contribution in [0.1, 0.15) is 56.2 Å². The van der Waals surface area contributed by atoms with E-state index < -0.39 is 0 Å². The van der Waals surface area contributed by atoms with Crippen LogP contribution in [-0.2, 0) is 0 Å². The zero-order valence-corrected chi connectivity index (χ0v) is 12.2. The van der Waals surface area contributed by atoms with Gasteiger partial charge in [-0.2, -0.15) is 0 Å². The van der Waals surface area contributed by atoms with Crippen LogP contribution in [0.15, 0.2) is 24.3 Å². The van der Waals surface area contributed by atoms with Crippen LogP contribution in [0.3, 0.4) is 0 Å². The van der Waals surface area contributed by atoms with E-state index in [-0.39, 0.29) is 6.10 Å². The molecule has 19 heavy (non-hydrogen) atoms. The number of nitrogens with one attached hydrogen (secondary N) is 1. The molecule has 0 heterocycles. The topological polar surface area (TPSA) is 32.3 Å². The Labute approximate surface area is 117 Å². The molecule has 0 aliphatic heterocycles. The summed E-state index contributed by atoms with van der Waals surface area (Å²) in [6.07, 6.45) is 6.09. The molecule has 0 aromatic heterocycles. The van der Waals surface area contributed by atoms with Gasteiger partial charge in [-0.3, -0.25) is 0 Å². The number of benzene rings is 1. The fourth-order valence-electron chi connectivity index (χ4n) is 3.21. The molecule has 2 heteroatoms. The molecule has 1 aromatic carbocycles. The standard InChI is InChI=1S/C17H27NO/c1-13-7-3-6-10-17(13)14(2)18-12-16(19)11-15-8-4-5-9-15/h3,6-7,10,14-16,18-19H,4-5,8-9,11-12H2,1-2H3/t14-,16?/m0/s1. The maximum Gasteiger partial charge on any atom is 0.0667 e. The SMILES string of the molecule is Cc1ccccc1[C@H](C)NCC(O)CC1CCCC1. The normalized spacial score (nSPS) is 19.5. The number of rotatable bonds is 6. The number of aliphatic hydroxyl groups is 1. The summed E-state index contributed by atoms with van der Waals surface area (Å²) >= 11 is 0. The van der Waals surface area contributed by atoms with Crippen molar-refractivity contribution >= 4 is 0 Å². The van der Waals surface area contributed by atoms with Crippen molar-refractivity contribution in [2.75, 3.05) is 6.54 Å². The Morgan fingerprint density at radius 3 is 2.63 bits per heavy atom. The minimum absolute atomic E-state index is 0.199. The molecular weight excluding hydrogens is 234 g/mol. The second kappa shape index (κ2) is 7.06. The van der Waals surface area contributed by atoms with E-state index in [1.54, 1.807) is 0 Å². The van der Waals surface area contributed by atoms with Crippen LogP contribution in [0.5, 0.6) is 0 Å². The lowest BCUT2D eigenvalue weighted by molar-refractivity contribution is 0.137. The highest BCUT2D eigenvalue weighted by molar-refractivity contribution is 5.28. The van der Waals surface area contributed by atoms with Gasteiger partial charge in [-0.1, -0.05) is 49.9 Å². The number of aliphatic hydroxyl groups excluding tert-OH is 1. The predicted octanol–water partition coefficient (Wildman–Crippen LogP) is 3.59. The van der Waals surface area contributed by atoms with Gasteiger partial charge >= 0.3 is 0 Å². The van der Waals surface area contributed by atoms with Crippen molar-refractivity contribution in [2.24, 2.45) is 5.92 Å². The molecule has 0 amide bonds. The lowest BCUT2D eigenvalue weighted by Gasteiger charge is -2.20. The zero-order valence-electron chi connectivity index (χ0n) is 12.2. The van der Waals surface area contributed by atoms with Crippen LogP contribution < -0.4 is 5.32 Å². The van der Waals surface area contributed by atoms with E-state index in [0.717, 1.165) is 12.3 Å². The van der Waals surface area contributed by atoms with Crippen LogP contribution in [0.2, 0.25) is 0 Å². The Kier molecular flexibility index (Phi) is 5.41. The Balaban J connectivity index is 1.76. The highest BCUT2D eigenvalue weighted by atomic mass is 16.3. The molecule has 0 bridgehead atoms. The van der Waals surface area contributed by atoms with Crippen molar-refractivity contribution in [3.63, 3.8) is 0 Å². The van der Waals surface area contributed by atoms with E-state index in [0.29, 0.717) is 12.6 Å². The molecule has 0 radical (unpaired) electrons. The summed E-state index contributed by atoms with van der Waals surface area (Å²) in [6, 6.07) is 8.76. The molecule has 2 atom stereocenters. The predicted molar refractivity (Wildman–Crippen MR) is 80.2 cm³/mol. The van der Waals surface area contributed by atoms with Gasteiger partial charge in [0.2, 0.25) is 0 Å². The first-order valence-corrected chi connectivity index (χ1v) is 7.64. The molecule has 2 N–H and O–H groups in total. The fraction of sp³-hybridized carbons (Fsp3) is 0.647.